The molecule has 3 rings (SSSR count). The number of nitro groups is 1. The average Bonchev–Trinajstić information content (AvgIpc) is 3.00. The number of anilines is 1. The summed E-state index contributed by atoms with van der Waals surface area (Å²) in [5, 5.41) is 21.3. The van der Waals surface area contributed by atoms with E-state index in [1.54, 1.807) is 25.1 Å². The zero-order chi connectivity index (χ0) is 20.1. The summed E-state index contributed by atoms with van der Waals surface area (Å²) in [5.41, 5.74) is 1.95. The number of carbonyl (C=O) groups is 1. The fourth-order valence-corrected chi connectivity index (χ4v) is 3.10. The van der Waals surface area contributed by atoms with Crippen molar-refractivity contribution in [2.24, 2.45) is 0 Å². The Bertz CT molecular complexity index is 1000. The number of rotatable bonds is 7. The van der Waals surface area contributed by atoms with Gasteiger partial charge in [-0.05, 0) is 25.1 Å². The lowest BCUT2D eigenvalue weighted by molar-refractivity contribution is -0.384. The summed E-state index contributed by atoms with van der Waals surface area (Å²) in [5.74, 6) is -0.353. The van der Waals surface area contributed by atoms with Gasteiger partial charge < -0.3 is 10.6 Å². The monoisotopic (exact) mass is 399 g/mol. The molecule has 1 heterocycles. The van der Waals surface area contributed by atoms with Gasteiger partial charge in [0.1, 0.15) is 10.8 Å². The Morgan fingerprint density at radius 3 is 2.54 bits per heavy atom. The van der Waals surface area contributed by atoms with Crippen LogP contribution in [-0.4, -0.2) is 33.7 Å². The van der Waals surface area contributed by atoms with Gasteiger partial charge in [0, 0.05) is 19.2 Å². The number of aromatic nitrogens is 2. The van der Waals surface area contributed by atoms with Gasteiger partial charge in [0.2, 0.25) is 0 Å². The lowest BCUT2D eigenvalue weighted by atomic mass is 10.2. The second-order valence-corrected chi connectivity index (χ2v) is 6.31. The number of benzene rings is 2. The molecule has 0 unspecified atom stereocenters. The number of halogens is 1. The molecule has 0 atom stereocenters. The number of carbonyl (C=O) groups excluding carboxylic acids is 1. The van der Waals surface area contributed by atoms with E-state index in [9.17, 15) is 14.9 Å². The zero-order valence-corrected chi connectivity index (χ0v) is 15.8. The topological polar surface area (TPSA) is 102 Å². The Hall–Kier alpha value is -3.39. The predicted molar refractivity (Wildman–Crippen MR) is 107 cm³/mol. The van der Waals surface area contributed by atoms with Crippen LogP contribution in [0.15, 0.2) is 54.6 Å². The van der Waals surface area contributed by atoms with Crippen LogP contribution in [0.3, 0.4) is 0 Å². The fraction of sp³-hybridized carbons (Fsp3) is 0.158. The summed E-state index contributed by atoms with van der Waals surface area (Å²) in [4.78, 5) is 23.1. The van der Waals surface area contributed by atoms with Gasteiger partial charge in [-0.15, -0.1) is 0 Å². The lowest BCUT2D eigenvalue weighted by Crippen LogP contribution is -2.29. The largest absolute Gasteiger partial charge is 0.378 e. The maximum atomic E-state index is 12.5. The first-order chi connectivity index (χ1) is 13.5. The predicted octanol–water partition coefficient (Wildman–Crippen LogP) is 3.58. The van der Waals surface area contributed by atoms with E-state index in [-0.39, 0.29) is 23.3 Å². The average molecular weight is 400 g/mol. The molecule has 0 radical (unpaired) electrons. The summed E-state index contributed by atoms with van der Waals surface area (Å²) >= 11 is 6.37. The highest BCUT2D eigenvalue weighted by molar-refractivity contribution is 6.33. The number of hydrogen-bond acceptors (Lipinski definition) is 5. The fourth-order valence-electron chi connectivity index (χ4n) is 2.74. The van der Waals surface area contributed by atoms with Crippen LogP contribution < -0.4 is 10.6 Å². The van der Waals surface area contributed by atoms with Crippen LogP contribution in [0, 0.1) is 17.0 Å². The van der Waals surface area contributed by atoms with Crippen molar-refractivity contribution in [3.05, 3.63) is 81.1 Å². The first-order valence-electron chi connectivity index (χ1n) is 8.55. The summed E-state index contributed by atoms with van der Waals surface area (Å²) in [7, 11) is 0. The molecule has 144 valence electrons. The smallest absolute Gasteiger partial charge is 0.292 e. The van der Waals surface area contributed by atoms with Crippen LogP contribution in [0.1, 0.15) is 16.1 Å². The van der Waals surface area contributed by atoms with Crippen LogP contribution in [-0.2, 0) is 0 Å². The molecule has 0 spiro atoms. The molecule has 3 aromatic rings. The van der Waals surface area contributed by atoms with Crippen molar-refractivity contribution < 1.29 is 9.72 Å². The number of aryl methyl sites for hydroxylation is 1. The van der Waals surface area contributed by atoms with Crippen molar-refractivity contribution in [2.75, 3.05) is 18.4 Å². The van der Waals surface area contributed by atoms with Crippen LogP contribution in [0.4, 0.5) is 11.4 Å². The van der Waals surface area contributed by atoms with E-state index in [4.69, 9.17) is 11.6 Å². The minimum Gasteiger partial charge on any atom is -0.378 e. The molecule has 0 saturated carbocycles. The Balaban J connectivity index is 1.63. The van der Waals surface area contributed by atoms with Gasteiger partial charge in [0.15, 0.2) is 0 Å². The molecule has 28 heavy (non-hydrogen) atoms. The van der Waals surface area contributed by atoms with Crippen LogP contribution in [0.25, 0.3) is 5.69 Å². The SMILES string of the molecule is Cc1nn(-c2ccccc2)c(Cl)c1C(=O)NCCNc1ccccc1[N+](=O)[O-]. The van der Waals surface area contributed by atoms with Crippen molar-refractivity contribution in [1.82, 2.24) is 15.1 Å². The Morgan fingerprint density at radius 2 is 1.82 bits per heavy atom. The highest BCUT2D eigenvalue weighted by atomic mass is 35.5. The van der Waals surface area contributed by atoms with Crippen molar-refractivity contribution >= 4 is 28.9 Å². The number of nitrogens with one attached hydrogen (secondary N) is 2. The van der Waals surface area contributed by atoms with E-state index in [2.05, 4.69) is 15.7 Å². The van der Waals surface area contributed by atoms with Crippen LogP contribution in [0.5, 0.6) is 0 Å². The lowest BCUT2D eigenvalue weighted by Gasteiger charge is -2.08. The van der Waals surface area contributed by atoms with E-state index in [1.165, 1.54) is 10.7 Å². The summed E-state index contributed by atoms with van der Waals surface area (Å²) in [6.45, 7) is 2.29. The number of nitrogens with zero attached hydrogens (tertiary/aromatic N) is 3. The Kier molecular flexibility index (Phi) is 5.90. The third-order valence-electron chi connectivity index (χ3n) is 4.06. The van der Waals surface area contributed by atoms with E-state index < -0.39 is 4.92 Å². The molecular weight excluding hydrogens is 382 g/mol. The highest BCUT2D eigenvalue weighted by Gasteiger charge is 2.20. The molecule has 8 nitrogen and oxygen atoms in total. The Labute approximate surface area is 166 Å². The molecule has 9 heteroatoms. The van der Waals surface area contributed by atoms with Crippen LogP contribution >= 0.6 is 11.6 Å². The zero-order valence-electron chi connectivity index (χ0n) is 15.1. The van der Waals surface area contributed by atoms with Gasteiger partial charge in [0.05, 0.1) is 21.9 Å². The molecule has 1 aromatic heterocycles. The number of para-hydroxylation sites is 3. The second kappa shape index (κ2) is 8.53. The minimum atomic E-state index is -0.456. The molecule has 1 amide bonds. The summed E-state index contributed by atoms with van der Waals surface area (Å²) < 4.78 is 1.51. The molecule has 0 bridgehead atoms. The maximum Gasteiger partial charge on any atom is 0.292 e. The standard InChI is InChI=1S/C19H18ClN5O3/c1-13-17(18(20)24(23-13)14-7-3-2-4-8-14)19(26)22-12-11-21-15-9-5-6-10-16(15)25(27)28/h2-10,21H,11-12H2,1H3,(H,22,26). The van der Waals surface area contributed by atoms with Crippen molar-refractivity contribution in [2.45, 2.75) is 6.92 Å². The van der Waals surface area contributed by atoms with E-state index in [0.29, 0.717) is 23.5 Å². The summed E-state index contributed by atoms with van der Waals surface area (Å²) in [6.07, 6.45) is 0. The molecule has 0 fully saturated rings. The van der Waals surface area contributed by atoms with Crippen LogP contribution in [0.2, 0.25) is 5.15 Å². The normalized spacial score (nSPS) is 10.5. The van der Waals surface area contributed by atoms with Gasteiger partial charge in [-0.2, -0.15) is 5.10 Å². The second-order valence-electron chi connectivity index (χ2n) is 5.96. The van der Waals surface area contributed by atoms with E-state index >= 15 is 0 Å². The minimum absolute atomic E-state index is 0.0168. The van der Waals surface area contributed by atoms with Gasteiger partial charge >= 0.3 is 0 Å². The molecule has 2 aromatic carbocycles. The first-order valence-corrected chi connectivity index (χ1v) is 8.93. The first kappa shape index (κ1) is 19.4. The molecular formula is C19H18ClN5O3. The van der Waals surface area contributed by atoms with Crippen molar-refractivity contribution in [3.8, 4) is 5.69 Å². The molecule has 0 aliphatic carbocycles. The molecule has 0 aliphatic heterocycles. The maximum absolute atomic E-state index is 12.5. The third-order valence-corrected chi connectivity index (χ3v) is 4.41. The van der Waals surface area contributed by atoms with Gasteiger partial charge in [-0.25, -0.2) is 4.68 Å². The number of nitro benzene ring substituents is 1. The van der Waals surface area contributed by atoms with Gasteiger partial charge in [0.25, 0.3) is 11.6 Å². The summed E-state index contributed by atoms with van der Waals surface area (Å²) in [6, 6.07) is 15.6. The Morgan fingerprint density at radius 1 is 1.14 bits per heavy atom. The molecule has 2 N–H and O–H groups in total. The number of amides is 1. The van der Waals surface area contributed by atoms with Crippen molar-refractivity contribution in [3.63, 3.8) is 0 Å². The molecule has 0 aliphatic rings. The van der Waals surface area contributed by atoms with E-state index in [0.717, 1.165) is 5.69 Å². The third kappa shape index (κ3) is 4.12. The quantitative estimate of drug-likeness (QED) is 0.359. The molecule has 0 saturated heterocycles. The van der Waals surface area contributed by atoms with E-state index in [1.807, 2.05) is 30.3 Å². The number of hydrogen-bond donors (Lipinski definition) is 2. The van der Waals surface area contributed by atoms with Gasteiger partial charge in [-0.1, -0.05) is 41.9 Å². The van der Waals surface area contributed by atoms with Gasteiger partial charge in [-0.3, -0.25) is 14.9 Å². The van der Waals surface area contributed by atoms with Crippen molar-refractivity contribution in [1.29, 1.82) is 0 Å². The highest BCUT2D eigenvalue weighted by Crippen LogP contribution is 2.24.